The smallest absolute Gasteiger partial charge is 0.237 e. The predicted molar refractivity (Wildman–Crippen MR) is 53.9 cm³/mol. The molecule has 1 rings (SSSR count). The van der Waals surface area contributed by atoms with Crippen LogP contribution in [-0.2, 0) is 4.79 Å². The van der Waals surface area contributed by atoms with Crippen LogP contribution in [0.3, 0.4) is 0 Å². The van der Waals surface area contributed by atoms with Crippen LogP contribution in [-0.4, -0.2) is 21.2 Å². The van der Waals surface area contributed by atoms with E-state index in [4.69, 9.17) is 0 Å². The molecule has 1 N–H and O–H groups in total. The summed E-state index contributed by atoms with van der Waals surface area (Å²) in [4.78, 5) is 19.1. The van der Waals surface area contributed by atoms with Gasteiger partial charge in [0.25, 0.3) is 0 Å². The van der Waals surface area contributed by atoms with Crippen LogP contribution in [0.5, 0.6) is 0 Å². The number of halogens is 1. The Balaban J connectivity index is 2.83. The zero-order valence-electron chi connectivity index (χ0n) is 7.47. The summed E-state index contributed by atoms with van der Waals surface area (Å²) in [5.41, 5.74) is 1.69. The first-order valence-electron chi connectivity index (χ1n) is 3.80. The van der Waals surface area contributed by atoms with Gasteiger partial charge >= 0.3 is 0 Å². The van der Waals surface area contributed by atoms with Crippen molar-refractivity contribution < 1.29 is 4.79 Å². The lowest BCUT2D eigenvalue weighted by Gasteiger charge is -2.02. The van der Waals surface area contributed by atoms with E-state index < -0.39 is 0 Å². The average molecular weight is 244 g/mol. The average Bonchev–Trinajstić information content (AvgIpc) is 2.02. The molecule has 0 aliphatic rings. The van der Waals surface area contributed by atoms with Gasteiger partial charge in [-0.3, -0.25) is 10.1 Å². The second-order valence-electron chi connectivity index (χ2n) is 2.66. The molecule has 0 unspecified atom stereocenters. The van der Waals surface area contributed by atoms with Crippen molar-refractivity contribution in [2.75, 3.05) is 10.6 Å². The lowest BCUT2D eigenvalue weighted by Crippen LogP contribution is -2.15. The van der Waals surface area contributed by atoms with Crippen LogP contribution in [0.25, 0.3) is 0 Å². The van der Waals surface area contributed by atoms with E-state index in [1.807, 2.05) is 19.9 Å². The van der Waals surface area contributed by atoms with Crippen molar-refractivity contribution in [1.29, 1.82) is 0 Å². The van der Waals surface area contributed by atoms with Crippen molar-refractivity contribution in [2.24, 2.45) is 0 Å². The molecule has 0 spiro atoms. The molecule has 0 aromatic carbocycles. The van der Waals surface area contributed by atoms with Gasteiger partial charge in [0.05, 0.1) is 5.33 Å². The molecule has 0 saturated carbocycles. The van der Waals surface area contributed by atoms with Crippen molar-refractivity contribution >= 4 is 27.8 Å². The van der Waals surface area contributed by atoms with Crippen LogP contribution >= 0.6 is 15.9 Å². The van der Waals surface area contributed by atoms with Crippen molar-refractivity contribution in [3.8, 4) is 0 Å². The third-order valence-corrected chi connectivity index (χ3v) is 1.86. The number of alkyl halides is 1. The number of rotatable bonds is 2. The molecule has 0 fully saturated rings. The Labute approximate surface area is 84.9 Å². The van der Waals surface area contributed by atoms with E-state index in [0.29, 0.717) is 5.95 Å². The van der Waals surface area contributed by atoms with Gasteiger partial charge in [-0.05, 0) is 19.9 Å². The third-order valence-electron chi connectivity index (χ3n) is 1.35. The lowest BCUT2D eigenvalue weighted by molar-refractivity contribution is -0.113. The van der Waals surface area contributed by atoms with E-state index >= 15 is 0 Å². The zero-order valence-corrected chi connectivity index (χ0v) is 9.05. The molecule has 1 amide bonds. The van der Waals surface area contributed by atoms with Gasteiger partial charge in [0.2, 0.25) is 11.9 Å². The van der Waals surface area contributed by atoms with Crippen LogP contribution in [0, 0.1) is 13.8 Å². The second-order valence-corrected chi connectivity index (χ2v) is 3.22. The molecule has 0 bridgehead atoms. The first kappa shape index (κ1) is 10.1. The first-order valence-corrected chi connectivity index (χ1v) is 4.92. The highest BCUT2D eigenvalue weighted by atomic mass is 79.9. The standard InChI is InChI=1S/C8H10BrN3O/c1-5-3-6(2)11-8(10-5)12-7(13)4-9/h3H,4H2,1-2H3,(H,10,11,12,13). The van der Waals surface area contributed by atoms with Crippen LogP contribution in [0.4, 0.5) is 5.95 Å². The van der Waals surface area contributed by atoms with Crippen LogP contribution < -0.4 is 5.32 Å². The van der Waals surface area contributed by atoms with Crippen LogP contribution in [0.2, 0.25) is 0 Å². The highest BCUT2D eigenvalue weighted by Gasteiger charge is 2.02. The van der Waals surface area contributed by atoms with Gasteiger partial charge in [0.1, 0.15) is 0 Å². The SMILES string of the molecule is Cc1cc(C)nc(NC(=O)CBr)n1. The summed E-state index contributed by atoms with van der Waals surface area (Å²) in [7, 11) is 0. The number of aryl methyl sites for hydroxylation is 2. The molecule has 5 heteroatoms. The largest absolute Gasteiger partial charge is 0.294 e. The number of carbonyl (C=O) groups is 1. The minimum Gasteiger partial charge on any atom is -0.294 e. The number of hydrogen-bond donors (Lipinski definition) is 1. The maximum atomic E-state index is 11.0. The van der Waals surface area contributed by atoms with Gasteiger partial charge in [-0.15, -0.1) is 0 Å². The summed E-state index contributed by atoms with van der Waals surface area (Å²) in [6.07, 6.45) is 0. The van der Waals surface area contributed by atoms with E-state index in [-0.39, 0.29) is 11.2 Å². The number of carbonyl (C=O) groups excluding carboxylic acids is 1. The highest BCUT2D eigenvalue weighted by Crippen LogP contribution is 2.03. The molecule has 1 aromatic rings. The fourth-order valence-corrected chi connectivity index (χ4v) is 1.08. The Morgan fingerprint density at radius 1 is 1.46 bits per heavy atom. The van der Waals surface area contributed by atoms with Gasteiger partial charge in [0.15, 0.2) is 0 Å². The summed E-state index contributed by atoms with van der Waals surface area (Å²) in [6, 6.07) is 1.85. The predicted octanol–water partition coefficient (Wildman–Crippen LogP) is 1.43. The molecule has 0 atom stereocenters. The Hall–Kier alpha value is -0.970. The van der Waals surface area contributed by atoms with E-state index in [0.717, 1.165) is 11.4 Å². The summed E-state index contributed by atoms with van der Waals surface area (Å²) < 4.78 is 0. The maximum absolute atomic E-state index is 11.0. The number of nitrogens with one attached hydrogen (secondary N) is 1. The van der Waals surface area contributed by atoms with Gasteiger partial charge in [-0.25, -0.2) is 9.97 Å². The fraction of sp³-hybridized carbons (Fsp3) is 0.375. The van der Waals surface area contributed by atoms with Crippen molar-refractivity contribution in [2.45, 2.75) is 13.8 Å². The summed E-state index contributed by atoms with van der Waals surface area (Å²) in [5.74, 6) is 0.215. The Morgan fingerprint density at radius 2 is 2.00 bits per heavy atom. The van der Waals surface area contributed by atoms with Gasteiger partial charge in [0, 0.05) is 11.4 Å². The third kappa shape index (κ3) is 3.10. The highest BCUT2D eigenvalue weighted by molar-refractivity contribution is 9.09. The number of aromatic nitrogens is 2. The molecular weight excluding hydrogens is 234 g/mol. The molecule has 0 aliphatic heterocycles. The molecule has 13 heavy (non-hydrogen) atoms. The quantitative estimate of drug-likeness (QED) is 0.800. The number of anilines is 1. The van der Waals surface area contributed by atoms with E-state index in [1.54, 1.807) is 0 Å². The minimum absolute atomic E-state index is 0.148. The Morgan fingerprint density at radius 3 is 2.46 bits per heavy atom. The van der Waals surface area contributed by atoms with Gasteiger partial charge in [-0.2, -0.15) is 0 Å². The Bertz CT molecular complexity index is 307. The lowest BCUT2D eigenvalue weighted by atomic mass is 10.4. The van der Waals surface area contributed by atoms with Crippen molar-refractivity contribution in [1.82, 2.24) is 9.97 Å². The van der Waals surface area contributed by atoms with E-state index in [9.17, 15) is 4.79 Å². The maximum Gasteiger partial charge on any atom is 0.237 e. The van der Waals surface area contributed by atoms with Crippen LogP contribution in [0.15, 0.2) is 6.07 Å². The first-order chi connectivity index (χ1) is 6.11. The van der Waals surface area contributed by atoms with Crippen LogP contribution in [0.1, 0.15) is 11.4 Å². The number of nitrogens with zero attached hydrogens (tertiary/aromatic N) is 2. The topological polar surface area (TPSA) is 54.9 Å². The molecule has 1 heterocycles. The van der Waals surface area contributed by atoms with Crippen molar-refractivity contribution in [3.05, 3.63) is 17.5 Å². The molecule has 4 nitrogen and oxygen atoms in total. The minimum atomic E-state index is -0.148. The Kier molecular flexibility index (Phi) is 3.36. The molecule has 1 aromatic heterocycles. The van der Waals surface area contributed by atoms with Gasteiger partial charge < -0.3 is 0 Å². The summed E-state index contributed by atoms with van der Waals surface area (Å²) in [6.45, 7) is 3.72. The fourth-order valence-electron chi connectivity index (χ4n) is 0.940. The second kappa shape index (κ2) is 4.32. The van der Waals surface area contributed by atoms with Gasteiger partial charge in [-0.1, -0.05) is 15.9 Å². The summed E-state index contributed by atoms with van der Waals surface area (Å²) in [5, 5.41) is 2.82. The number of amides is 1. The molecule has 0 aliphatic carbocycles. The normalized spacial score (nSPS) is 9.77. The molecule has 70 valence electrons. The molecule has 0 saturated heterocycles. The zero-order chi connectivity index (χ0) is 9.84. The van der Waals surface area contributed by atoms with E-state index in [1.165, 1.54) is 0 Å². The number of hydrogen-bond acceptors (Lipinski definition) is 3. The monoisotopic (exact) mass is 243 g/mol. The molecule has 0 radical (unpaired) electrons. The molecular formula is C8H10BrN3O. The van der Waals surface area contributed by atoms with E-state index in [2.05, 4.69) is 31.2 Å². The summed E-state index contributed by atoms with van der Waals surface area (Å²) >= 11 is 3.04. The van der Waals surface area contributed by atoms with Crippen molar-refractivity contribution in [3.63, 3.8) is 0 Å².